The number of hydrogen-bond acceptors (Lipinski definition) is 6. The minimum Gasteiger partial charge on any atom is -0.376 e. The second-order valence-corrected chi connectivity index (χ2v) is 7.40. The second-order valence-electron chi connectivity index (χ2n) is 6.87. The van der Waals surface area contributed by atoms with Crippen LogP contribution in [0.15, 0.2) is 36.4 Å². The number of anilines is 2. The highest BCUT2D eigenvalue weighted by molar-refractivity contribution is 7.00. The molecule has 1 aliphatic rings. The van der Waals surface area contributed by atoms with E-state index in [-0.39, 0.29) is 18.4 Å². The maximum absolute atomic E-state index is 12.5. The van der Waals surface area contributed by atoms with E-state index in [9.17, 15) is 9.59 Å². The van der Waals surface area contributed by atoms with Crippen LogP contribution in [0.3, 0.4) is 0 Å². The predicted octanol–water partition coefficient (Wildman–Crippen LogP) is 3.29. The molecular formula is C20H21N5O2S. The summed E-state index contributed by atoms with van der Waals surface area (Å²) in [5, 5.41) is 6.01. The highest BCUT2D eigenvalue weighted by atomic mass is 32.1. The molecular weight excluding hydrogens is 374 g/mol. The molecule has 2 heterocycles. The SMILES string of the molecule is Cc1cc(C(=O)N2CCCC2)ccc1NCC(=O)Nc1cccc2nsnc12. The Morgan fingerprint density at radius 1 is 1.11 bits per heavy atom. The van der Waals surface area contributed by atoms with E-state index in [1.807, 2.05) is 48.2 Å². The second kappa shape index (κ2) is 7.93. The summed E-state index contributed by atoms with van der Waals surface area (Å²) >= 11 is 1.12. The summed E-state index contributed by atoms with van der Waals surface area (Å²) in [5.41, 5.74) is 4.58. The lowest BCUT2D eigenvalue weighted by atomic mass is 10.1. The number of rotatable bonds is 5. The monoisotopic (exact) mass is 395 g/mol. The Balaban J connectivity index is 1.38. The molecule has 8 heteroatoms. The van der Waals surface area contributed by atoms with Crippen LogP contribution in [0.1, 0.15) is 28.8 Å². The number of nitrogens with zero attached hydrogens (tertiary/aromatic N) is 3. The largest absolute Gasteiger partial charge is 0.376 e. The first-order chi connectivity index (χ1) is 13.6. The number of benzene rings is 2. The van der Waals surface area contributed by atoms with E-state index in [4.69, 9.17) is 0 Å². The van der Waals surface area contributed by atoms with Crippen molar-refractivity contribution in [2.24, 2.45) is 0 Å². The van der Waals surface area contributed by atoms with E-state index in [2.05, 4.69) is 19.4 Å². The summed E-state index contributed by atoms with van der Waals surface area (Å²) in [6.45, 7) is 3.72. The van der Waals surface area contributed by atoms with Crippen LogP contribution in [-0.2, 0) is 4.79 Å². The molecule has 0 spiro atoms. The van der Waals surface area contributed by atoms with E-state index in [1.54, 1.807) is 0 Å². The molecule has 144 valence electrons. The first-order valence-corrected chi connectivity index (χ1v) is 10.00. The molecule has 1 aliphatic heterocycles. The Morgan fingerprint density at radius 3 is 2.71 bits per heavy atom. The molecule has 0 saturated carbocycles. The van der Waals surface area contributed by atoms with Crippen LogP contribution >= 0.6 is 11.7 Å². The van der Waals surface area contributed by atoms with Crippen molar-refractivity contribution < 1.29 is 9.59 Å². The summed E-state index contributed by atoms with van der Waals surface area (Å²) in [4.78, 5) is 26.7. The lowest BCUT2D eigenvalue weighted by Crippen LogP contribution is -2.27. The van der Waals surface area contributed by atoms with Crippen LogP contribution in [0.5, 0.6) is 0 Å². The van der Waals surface area contributed by atoms with Gasteiger partial charge in [-0.2, -0.15) is 8.75 Å². The lowest BCUT2D eigenvalue weighted by Gasteiger charge is -2.16. The van der Waals surface area contributed by atoms with Gasteiger partial charge in [-0.15, -0.1) is 0 Å². The molecule has 28 heavy (non-hydrogen) atoms. The molecule has 0 atom stereocenters. The highest BCUT2D eigenvalue weighted by Gasteiger charge is 2.19. The standard InChI is InChI=1S/C20H21N5O2S/c1-13-11-14(20(27)25-9-2-3-10-25)7-8-15(13)21-12-18(26)22-16-5-4-6-17-19(16)24-28-23-17/h4-8,11,21H,2-3,9-10,12H2,1H3,(H,22,26). The van der Waals surface area contributed by atoms with Crippen molar-refractivity contribution in [2.75, 3.05) is 30.3 Å². The average molecular weight is 395 g/mol. The topological polar surface area (TPSA) is 87.2 Å². The molecule has 4 rings (SSSR count). The van der Waals surface area contributed by atoms with Gasteiger partial charge < -0.3 is 15.5 Å². The summed E-state index contributed by atoms with van der Waals surface area (Å²) in [6.07, 6.45) is 2.15. The third-order valence-electron chi connectivity index (χ3n) is 4.87. The van der Waals surface area contributed by atoms with Crippen LogP contribution in [-0.4, -0.2) is 45.1 Å². The number of carbonyl (C=O) groups is 2. The van der Waals surface area contributed by atoms with Crippen LogP contribution < -0.4 is 10.6 Å². The molecule has 0 unspecified atom stereocenters. The van der Waals surface area contributed by atoms with Gasteiger partial charge in [-0.05, 0) is 55.7 Å². The minimum absolute atomic E-state index is 0.0786. The zero-order chi connectivity index (χ0) is 19.5. The fourth-order valence-corrected chi connectivity index (χ4v) is 3.92. The number of hydrogen-bond donors (Lipinski definition) is 2. The number of nitrogens with one attached hydrogen (secondary N) is 2. The zero-order valence-electron chi connectivity index (χ0n) is 15.6. The quantitative estimate of drug-likeness (QED) is 0.692. The zero-order valence-corrected chi connectivity index (χ0v) is 16.4. The number of likely N-dealkylation sites (tertiary alicyclic amines) is 1. The number of aryl methyl sites for hydroxylation is 1. The van der Waals surface area contributed by atoms with E-state index >= 15 is 0 Å². The van der Waals surface area contributed by atoms with Gasteiger partial charge in [0.2, 0.25) is 5.91 Å². The van der Waals surface area contributed by atoms with Crippen LogP contribution in [0, 0.1) is 6.92 Å². The Morgan fingerprint density at radius 2 is 1.93 bits per heavy atom. The van der Waals surface area contributed by atoms with Crippen LogP contribution in [0.2, 0.25) is 0 Å². The van der Waals surface area contributed by atoms with E-state index in [1.165, 1.54) is 0 Å². The summed E-state index contributed by atoms with van der Waals surface area (Å²) in [5.74, 6) is -0.0908. The summed E-state index contributed by atoms with van der Waals surface area (Å²) in [6, 6.07) is 11.1. The van der Waals surface area contributed by atoms with Crippen molar-refractivity contribution in [2.45, 2.75) is 19.8 Å². The normalized spacial score (nSPS) is 13.7. The Kier molecular flexibility index (Phi) is 5.21. The van der Waals surface area contributed by atoms with Crippen molar-refractivity contribution in [3.05, 3.63) is 47.5 Å². The number of aromatic nitrogens is 2. The Bertz CT molecular complexity index is 1030. The van der Waals surface area contributed by atoms with Gasteiger partial charge in [-0.1, -0.05) is 6.07 Å². The predicted molar refractivity (Wildman–Crippen MR) is 111 cm³/mol. The number of fused-ring (bicyclic) bond motifs is 1. The van der Waals surface area contributed by atoms with Crippen molar-refractivity contribution >= 4 is 46.0 Å². The molecule has 2 aromatic carbocycles. The average Bonchev–Trinajstić information content (AvgIpc) is 3.38. The molecule has 1 saturated heterocycles. The first kappa shape index (κ1) is 18.4. The van der Waals surface area contributed by atoms with Crippen molar-refractivity contribution in [3.8, 4) is 0 Å². The molecule has 3 aromatic rings. The highest BCUT2D eigenvalue weighted by Crippen LogP contribution is 2.22. The third kappa shape index (κ3) is 3.82. The van der Waals surface area contributed by atoms with Crippen molar-refractivity contribution in [3.63, 3.8) is 0 Å². The van der Waals surface area contributed by atoms with Gasteiger partial charge in [0, 0.05) is 24.3 Å². The minimum atomic E-state index is -0.169. The van der Waals surface area contributed by atoms with E-state index in [0.717, 1.165) is 54.4 Å². The van der Waals surface area contributed by atoms with E-state index in [0.29, 0.717) is 16.8 Å². The third-order valence-corrected chi connectivity index (χ3v) is 5.41. The lowest BCUT2D eigenvalue weighted by molar-refractivity contribution is -0.114. The fraction of sp³-hybridized carbons (Fsp3) is 0.300. The molecule has 1 fully saturated rings. The smallest absolute Gasteiger partial charge is 0.253 e. The summed E-state index contributed by atoms with van der Waals surface area (Å²) < 4.78 is 8.40. The maximum atomic E-state index is 12.5. The van der Waals surface area contributed by atoms with Crippen molar-refractivity contribution in [1.82, 2.24) is 13.6 Å². The van der Waals surface area contributed by atoms with Gasteiger partial charge in [-0.25, -0.2) is 0 Å². The van der Waals surface area contributed by atoms with Gasteiger partial charge >= 0.3 is 0 Å². The molecule has 2 amide bonds. The molecule has 1 aromatic heterocycles. The van der Waals surface area contributed by atoms with Crippen LogP contribution in [0.25, 0.3) is 11.0 Å². The summed E-state index contributed by atoms with van der Waals surface area (Å²) in [7, 11) is 0. The van der Waals surface area contributed by atoms with Gasteiger partial charge in [-0.3, -0.25) is 9.59 Å². The Hall–Kier alpha value is -3.00. The van der Waals surface area contributed by atoms with Crippen molar-refractivity contribution in [1.29, 1.82) is 0 Å². The van der Waals surface area contributed by atoms with Gasteiger partial charge in [0.15, 0.2) is 0 Å². The Labute approximate surface area is 167 Å². The number of amides is 2. The fourth-order valence-electron chi connectivity index (χ4n) is 3.37. The number of carbonyl (C=O) groups excluding carboxylic acids is 2. The maximum Gasteiger partial charge on any atom is 0.253 e. The molecule has 7 nitrogen and oxygen atoms in total. The molecule has 2 N–H and O–H groups in total. The molecule has 0 aliphatic carbocycles. The molecule has 0 bridgehead atoms. The van der Waals surface area contributed by atoms with Gasteiger partial charge in [0.05, 0.1) is 24.0 Å². The van der Waals surface area contributed by atoms with Crippen LogP contribution in [0.4, 0.5) is 11.4 Å². The molecule has 0 radical (unpaired) electrons. The first-order valence-electron chi connectivity index (χ1n) is 9.27. The van der Waals surface area contributed by atoms with Gasteiger partial charge in [0.25, 0.3) is 5.91 Å². The van der Waals surface area contributed by atoms with Gasteiger partial charge in [0.1, 0.15) is 11.0 Å². The van der Waals surface area contributed by atoms with E-state index < -0.39 is 0 Å².